The molecule has 0 aromatic heterocycles. The van der Waals surface area contributed by atoms with Crippen molar-refractivity contribution in [3.05, 3.63) is 0 Å². The van der Waals surface area contributed by atoms with Crippen LogP contribution in [0.15, 0.2) is 0 Å². The van der Waals surface area contributed by atoms with Gasteiger partial charge in [-0.25, -0.2) is 0 Å². The Hall–Kier alpha value is 1.27. The predicted octanol–water partition coefficient (Wildman–Crippen LogP) is -5.45. The Bertz CT molecular complexity index is 49.7. The van der Waals surface area contributed by atoms with Crippen molar-refractivity contribution in [2.24, 2.45) is 0 Å². The van der Waals surface area contributed by atoms with Crippen molar-refractivity contribution < 1.29 is 23.9 Å². The quantitative estimate of drug-likeness (QED) is 0.411. The Kier molecular flexibility index (Phi) is 109. The molecule has 0 unspecified atom stereocenters. The number of rotatable bonds is 0. The van der Waals surface area contributed by atoms with Crippen LogP contribution in [-0.2, 0) is 11.4 Å². The summed E-state index contributed by atoms with van der Waals surface area (Å²) in [6.07, 6.45) is 0. The first kappa shape index (κ1) is 22.5. The summed E-state index contributed by atoms with van der Waals surface area (Å²) >= 11 is -5.25. The third kappa shape index (κ3) is 394. The van der Waals surface area contributed by atoms with Gasteiger partial charge in [-0.3, -0.25) is 0 Å². The van der Waals surface area contributed by atoms with Crippen LogP contribution < -0.4 is 12.5 Å². The van der Waals surface area contributed by atoms with Gasteiger partial charge < -0.3 is 0 Å². The third-order valence-corrected chi connectivity index (χ3v) is 0. The first-order valence-corrected chi connectivity index (χ1v) is 4.24. The molecular weight excluding hydrogens is 292 g/mol. The molecule has 0 amide bonds. The average Bonchev–Trinajstić information content (AvgIpc) is 1.70. The van der Waals surface area contributed by atoms with Crippen molar-refractivity contribution in [3.8, 4) is 0 Å². The van der Waals surface area contributed by atoms with Crippen molar-refractivity contribution in [3.63, 3.8) is 0 Å². The monoisotopic (exact) mass is 292 g/mol. The van der Waals surface area contributed by atoms with E-state index < -0.39 is 46.5 Å². The van der Waals surface area contributed by atoms with Gasteiger partial charge in [0, 0.05) is 0 Å². The second-order valence-corrected chi connectivity index (χ2v) is 0.866. The van der Waals surface area contributed by atoms with E-state index in [2.05, 4.69) is 0 Å². The Morgan fingerprint density at radius 3 is 0.700 bits per heavy atom. The molecule has 0 heterocycles. The van der Waals surface area contributed by atoms with E-state index in [0.29, 0.717) is 0 Å². The van der Waals surface area contributed by atoms with Gasteiger partial charge in [-0.05, 0) is 0 Å². The summed E-state index contributed by atoms with van der Waals surface area (Å²) in [7, 11) is 0. The van der Waals surface area contributed by atoms with Crippen molar-refractivity contribution in [2.75, 3.05) is 0 Å². The molecule has 0 aliphatic heterocycles. The van der Waals surface area contributed by atoms with Crippen molar-refractivity contribution >= 4 is 72.3 Å². The second kappa shape index (κ2) is 48.4. The summed E-state index contributed by atoms with van der Waals surface area (Å²) in [6, 6.07) is 0. The first-order valence-electron chi connectivity index (χ1n) is 1.41. The average molecular weight is 292 g/mol. The minimum atomic E-state index is -1.75. The van der Waals surface area contributed by atoms with Crippen molar-refractivity contribution in [1.82, 2.24) is 0 Å². The molecule has 10 heavy (non-hydrogen) atoms. The molecule has 0 saturated carbocycles. The summed E-state index contributed by atoms with van der Waals surface area (Å²) < 4.78 is 50.8. The van der Waals surface area contributed by atoms with E-state index in [-0.39, 0.29) is 25.8 Å². The van der Waals surface area contributed by atoms with Gasteiger partial charge >= 0.3 is 96.2 Å². The van der Waals surface area contributed by atoms with Gasteiger partial charge in [-0.2, -0.15) is 0 Å². The van der Waals surface area contributed by atoms with Crippen LogP contribution in [0.4, 0.5) is 0 Å². The minimum absolute atomic E-state index is 0. The van der Waals surface area contributed by atoms with E-state index in [1.165, 1.54) is 0 Å². The fraction of sp³-hybridized carbons (Fsp3) is 0. The SMILES string of the molecule is [In+3].[O]=[Al][O-].[O]=[Al][O-].[O]=[Al][O-]. The van der Waals surface area contributed by atoms with Crippen LogP contribution in [0.3, 0.4) is 0 Å². The summed E-state index contributed by atoms with van der Waals surface area (Å²) in [6.45, 7) is 0. The molecule has 0 N–H and O–H groups in total. The molecule has 0 aliphatic carbocycles. The molecule has 0 fully saturated rings. The van der Waals surface area contributed by atoms with E-state index in [9.17, 15) is 0 Å². The van der Waals surface area contributed by atoms with Crippen molar-refractivity contribution in [2.45, 2.75) is 0 Å². The molecule has 0 aliphatic rings. The zero-order chi connectivity index (χ0) is 8.12. The van der Waals surface area contributed by atoms with E-state index in [4.69, 9.17) is 23.9 Å². The Balaban J connectivity index is -0.0000000257. The Morgan fingerprint density at radius 1 is 0.700 bits per heavy atom. The van der Waals surface area contributed by atoms with Crippen LogP contribution in [0.1, 0.15) is 0 Å². The maximum absolute atomic E-state index is 8.46. The van der Waals surface area contributed by atoms with Crippen LogP contribution in [-0.4, -0.2) is 72.3 Å². The van der Waals surface area contributed by atoms with E-state index in [0.717, 1.165) is 0 Å². The molecule has 0 aromatic carbocycles. The van der Waals surface area contributed by atoms with Gasteiger partial charge in [0.2, 0.25) is 0 Å². The molecule has 10 heteroatoms. The van der Waals surface area contributed by atoms with Crippen LogP contribution in [0.5, 0.6) is 0 Å². The normalized spacial score (nSPS) is 2.40. The molecular formula is Al3InO6. The van der Waals surface area contributed by atoms with Crippen molar-refractivity contribution in [1.29, 1.82) is 0 Å². The zero-order valence-corrected chi connectivity index (χ0v) is 11.5. The molecule has 0 spiro atoms. The van der Waals surface area contributed by atoms with Crippen LogP contribution in [0.25, 0.3) is 0 Å². The van der Waals surface area contributed by atoms with Crippen LogP contribution >= 0.6 is 0 Å². The molecule has 0 rings (SSSR count). The fourth-order valence-corrected chi connectivity index (χ4v) is 0. The summed E-state index contributed by atoms with van der Waals surface area (Å²) in [4.78, 5) is 0. The van der Waals surface area contributed by atoms with Gasteiger partial charge in [0.25, 0.3) is 0 Å². The fourth-order valence-electron chi connectivity index (χ4n) is 0. The first-order chi connectivity index (χ1) is 4.24. The molecule has 0 radical (unpaired) electrons. The van der Waals surface area contributed by atoms with Gasteiger partial charge in [-0.1, -0.05) is 0 Å². The maximum atomic E-state index is 8.46. The van der Waals surface area contributed by atoms with Gasteiger partial charge in [0.15, 0.2) is 0 Å². The Labute approximate surface area is 95.2 Å². The summed E-state index contributed by atoms with van der Waals surface area (Å²) in [5.74, 6) is 0. The van der Waals surface area contributed by atoms with E-state index >= 15 is 0 Å². The van der Waals surface area contributed by atoms with E-state index in [1.807, 2.05) is 0 Å². The standard InChI is InChI=1S/3Al.In.6O/q;;;+3;;;;3*-1. The molecule has 0 saturated heterocycles. The summed E-state index contributed by atoms with van der Waals surface area (Å²) in [5, 5.41) is 0. The molecule has 0 bridgehead atoms. The molecule has 0 aromatic rings. The molecule has 0 atom stereocenters. The van der Waals surface area contributed by atoms with Gasteiger partial charge in [0.05, 0.1) is 0 Å². The Morgan fingerprint density at radius 2 is 0.700 bits per heavy atom. The summed E-state index contributed by atoms with van der Waals surface area (Å²) in [5.41, 5.74) is 0. The molecule has 6 nitrogen and oxygen atoms in total. The predicted molar refractivity (Wildman–Crippen MR) is 25.1 cm³/mol. The van der Waals surface area contributed by atoms with E-state index in [1.54, 1.807) is 0 Å². The second-order valence-electron chi connectivity index (χ2n) is 0.289. The molecule has 48 valence electrons. The van der Waals surface area contributed by atoms with Crippen LogP contribution in [0.2, 0.25) is 0 Å². The number of hydrogen-bond donors (Lipinski definition) is 0. The van der Waals surface area contributed by atoms with Gasteiger partial charge in [0.1, 0.15) is 0 Å². The van der Waals surface area contributed by atoms with Gasteiger partial charge in [-0.15, -0.1) is 0 Å². The third-order valence-electron chi connectivity index (χ3n) is 0. The topological polar surface area (TPSA) is 120 Å². The van der Waals surface area contributed by atoms with Crippen LogP contribution in [0, 0.1) is 0 Å². The number of hydrogen-bond acceptors (Lipinski definition) is 6. The zero-order valence-electron chi connectivity index (χ0n) is 4.76.